The Balaban J connectivity index is 2.06. The summed E-state index contributed by atoms with van der Waals surface area (Å²) in [6, 6.07) is 18.6. The Morgan fingerprint density at radius 3 is 2.13 bits per heavy atom. The van der Waals surface area contributed by atoms with E-state index in [1.165, 1.54) is 53.4 Å². The normalized spacial score (nSPS) is 12.2. The van der Waals surface area contributed by atoms with Gasteiger partial charge >= 0.3 is 0 Å². The van der Waals surface area contributed by atoms with Crippen LogP contribution in [0.15, 0.2) is 83.8 Å². The van der Waals surface area contributed by atoms with E-state index in [4.69, 9.17) is 11.6 Å². The Hall–Kier alpha value is -3.43. The fraction of sp³-hybridized carbons (Fsp3) is 0.286. The van der Waals surface area contributed by atoms with Crippen LogP contribution in [0.2, 0.25) is 5.02 Å². The summed E-state index contributed by atoms with van der Waals surface area (Å²) in [7, 11) is -4.20. The number of sulfonamides is 1. The van der Waals surface area contributed by atoms with E-state index in [1.54, 1.807) is 37.3 Å². The highest BCUT2D eigenvalue weighted by Crippen LogP contribution is 2.30. The standard InChI is InChI=1S/C28H31ClFN3O4S/c1-4-25(28(35)31-20(2)3)32(18-21-14-16-22(30)17-15-21)27(34)19-33(26-13-9-8-12-24(26)29)38(36,37)23-10-6-5-7-11-23/h5-17,20,25H,4,18-19H2,1-3H3,(H,31,35). The summed E-state index contributed by atoms with van der Waals surface area (Å²) in [6.45, 7) is 4.76. The molecule has 1 unspecified atom stereocenters. The van der Waals surface area contributed by atoms with Crippen LogP contribution in [0.3, 0.4) is 0 Å². The van der Waals surface area contributed by atoms with E-state index in [9.17, 15) is 22.4 Å². The van der Waals surface area contributed by atoms with E-state index in [-0.39, 0.29) is 40.5 Å². The maximum Gasteiger partial charge on any atom is 0.264 e. The highest BCUT2D eigenvalue weighted by Gasteiger charge is 2.34. The predicted molar refractivity (Wildman–Crippen MR) is 147 cm³/mol. The van der Waals surface area contributed by atoms with E-state index >= 15 is 0 Å². The van der Waals surface area contributed by atoms with Gasteiger partial charge in [-0.15, -0.1) is 0 Å². The molecule has 0 aliphatic carbocycles. The summed E-state index contributed by atoms with van der Waals surface area (Å²) < 4.78 is 42.0. The molecule has 10 heteroatoms. The van der Waals surface area contributed by atoms with Crippen LogP contribution < -0.4 is 9.62 Å². The molecule has 2 amide bonds. The van der Waals surface area contributed by atoms with E-state index in [0.717, 1.165) is 4.31 Å². The molecule has 202 valence electrons. The molecule has 0 fully saturated rings. The third-order valence-electron chi connectivity index (χ3n) is 5.81. The molecule has 3 rings (SSSR count). The third-order valence-corrected chi connectivity index (χ3v) is 7.91. The van der Waals surface area contributed by atoms with Gasteiger partial charge in [-0.2, -0.15) is 0 Å². The lowest BCUT2D eigenvalue weighted by molar-refractivity contribution is -0.140. The van der Waals surface area contributed by atoms with Crippen LogP contribution in [0.25, 0.3) is 0 Å². The minimum Gasteiger partial charge on any atom is -0.352 e. The van der Waals surface area contributed by atoms with Crippen molar-refractivity contribution in [3.05, 3.63) is 95.3 Å². The number of hydrogen-bond donors (Lipinski definition) is 1. The molecule has 1 atom stereocenters. The second kappa shape index (κ2) is 12.9. The zero-order chi connectivity index (χ0) is 27.9. The summed E-state index contributed by atoms with van der Waals surface area (Å²) in [5, 5.41) is 2.98. The van der Waals surface area contributed by atoms with Gasteiger partial charge in [0.25, 0.3) is 10.0 Å². The molecule has 3 aromatic carbocycles. The zero-order valence-electron chi connectivity index (χ0n) is 21.5. The Kier molecular flexibility index (Phi) is 9.88. The lowest BCUT2D eigenvalue weighted by atomic mass is 10.1. The van der Waals surface area contributed by atoms with Gasteiger partial charge in [0.05, 0.1) is 15.6 Å². The van der Waals surface area contributed by atoms with Gasteiger partial charge in [0.15, 0.2) is 0 Å². The number of rotatable bonds is 11. The highest BCUT2D eigenvalue weighted by atomic mass is 35.5. The van der Waals surface area contributed by atoms with Crippen LogP contribution in [-0.4, -0.2) is 43.8 Å². The molecule has 7 nitrogen and oxygen atoms in total. The highest BCUT2D eigenvalue weighted by molar-refractivity contribution is 7.92. The monoisotopic (exact) mass is 559 g/mol. The molecular formula is C28H31ClFN3O4S. The van der Waals surface area contributed by atoms with Crippen LogP contribution in [0, 0.1) is 5.82 Å². The molecule has 0 saturated carbocycles. The molecule has 0 bridgehead atoms. The summed E-state index contributed by atoms with van der Waals surface area (Å²) >= 11 is 6.39. The molecular weight excluding hydrogens is 529 g/mol. The smallest absolute Gasteiger partial charge is 0.264 e. The molecule has 1 N–H and O–H groups in total. The van der Waals surface area contributed by atoms with Crippen LogP contribution in [0.5, 0.6) is 0 Å². The van der Waals surface area contributed by atoms with Gasteiger partial charge in [0, 0.05) is 12.6 Å². The fourth-order valence-corrected chi connectivity index (χ4v) is 5.72. The second-order valence-corrected chi connectivity index (χ2v) is 11.3. The Morgan fingerprint density at radius 2 is 1.55 bits per heavy atom. The molecule has 38 heavy (non-hydrogen) atoms. The van der Waals surface area contributed by atoms with Crippen molar-refractivity contribution in [2.45, 2.75) is 50.7 Å². The number of halogens is 2. The van der Waals surface area contributed by atoms with Gasteiger partial charge < -0.3 is 10.2 Å². The first-order chi connectivity index (χ1) is 18.0. The second-order valence-electron chi connectivity index (χ2n) is 9.01. The van der Waals surface area contributed by atoms with Gasteiger partial charge in [0.1, 0.15) is 18.4 Å². The third kappa shape index (κ3) is 7.11. The summed E-state index contributed by atoms with van der Waals surface area (Å²) in [5.74, 6) is -1.41. The van der Waals surface area contributed by atoms with E-state index < -0.39 is 34.3 Å². The molecule has 0 spiro atoms. The number of amides is 2. The van der Waals surface area contributed by atoms with Crippen molar-refractivity contribution in [3.63, 3.8) is 0 Å². The van der Waals surface area contributed by atoms with Crippen molar-refractivity contribution in [1.82, 2.24) is 10.2 Å². The van der Waals surface area contributed by atoms with Crippen LogP contribution in [-0.2, 0) is 26.2 Å². The van der Waals surface area contributed by atoms with Gasteiger partial charge in [-0.05, 0) is 62.2 Å². The maximum absolute atomic E-state index is 13.9. The van der Waals surface area contributed by atoms with Crippen molar-refractivity contribution in [3.8, 4) is 0 Å². The lowest BCUT2D eigenvalue weighted by Gasteiger charge is -2.33. The average Bonchev–Trinajstić information content (AvgIpc) is 2.88. The molecule has 0 radical (unpaired) electrons. The van der Waals surface area contributed by atoms with Crippen molar-refractivity contribution in [1.29, 1.82) is 0 Å². The topological polar surface area (TPSA) is 86.8 Å². The van der Waals surface area contributed by atoms with E-state index in [1.807, 2.05) is 13.8 Å². The number of benzene rings is 3. The minimum absolute atomic E-state index is 0.0117. The molecule has 3 aromatic rings. The maximum atomic E-state index is 13.9. The number of nitrogens with zero attached hydrogens (tertiary/aromatic N) is 2. The fourth-order valence-electron chi connectivity index (χ4n) is 3.97. The molecule has 0 heterocycles. The first-order valence-electron chi connectivity index (χ1n) is 12.2. The first kappa shape index (κ1) is 29.1. The number of para-hydroxylation sites is 1. The van der Waals surface area contributed by atoms with E-state index in [0.29, 0.717) is 5.56 Å². The van der Waals surface area contributed by atoms with Crippen LogP contribution >= 0.6 is 11.6 Å². The van der Waals surface area contributed by atoms with Gasteiger partial charge in [-0.1, -0.05) is 61.0 Å². The van der Waals surface area contributed by atoms with Crippen LogP contribution in [0.1, 0.15) is 32.8 Å². The predicted octanol–water partition coefficient (Wildman–Crippen LogP) is 5.01. The van der Waals surface area contributed by atoms with Crippen molar-refractivity contribution < 1.29 is 22.4 Å². The molecule has 0 aliphatic heterocycles. The number of hydrogen-bond acceptors (Lipinski definition) is 4. The van der Waals surface area contributed by atoms with Crippen LogP contribution in [0.4, 0.5) is 10.1 Å². The number of anilines is 1. The van der Waals surface area contributed by atoms with E-state index in [2.05, 4.69) is 5.32 Å². The van der Waals surface area contributed by atoms with Gasteiger partial charge in [-0.25, -0.2) is 12.8 Å². The molecule has 0 saturated heterocycles. The van der Waals surface area contributed by atoms with Gasteiger partial charge in [-0.3, -0.25) is 13.9 Å². The number of nitrogens with one attached hydrogen (secondary N) is 1. The Bertz CT molecular complexity index is 1350. The SMILES string of the molecule is CCC(C(=O)NC(C)C)N(Cc1ccc(F)cc1)C(=O)CN(c1ccccc1Cl)S(=O)(=O)c1ccccc1. The molecule has 0 aromatic heterocycles. The lowest BCUT2D eigenvalue weighted by Crippen LogP contribution is -2.53. The largest absolute Gasteiger partial charge is 0.352 e. The number of carbonyl (C=O) groups excluding carboxylic acids is 2. The summed E-state index contributed by atoms with van der Waals surface area (Å²) in [6.07, 6.45) is 0.281. The Labute approximate surface area is 228 Å². The first-order valence-corrected chi connectivity index (χ1v) is 14.0. The van der Waals surface area contributed by atoms with Crippen molar-refractivity contribution in [2.75, 3.05) is 10.8 Å². The number of carbonyl (C=O) groups is 2. The van der Waals surface area contributed by atoms with Crippen molar-refractivity contribution in [2.24, 2.45) is 0 Å². The molecule has 0 aliphatic rings. The quantitative estimate of drug-likeness (QED) is 0.358. The Morgan fingerprint density at radius 1 is 0.947 bits per heavy atom. The average molecular weight is 560 g/mol. The van der Waals surface area contributed by atoms with Crippen molar-refractivity contribution >= 4 is 39.1 Å². The summed E-state index contributed by atoms with van der Waals surface area (Å²) in [4.78, 5) is 28.3. The minimum atomic E-state index is -4.20. The summed E-state index contributed by atoms with van der Waals surface area (Å²) in [5.41, 5.74) is 0.721. The zero-order valence-corrected chi connectivity index (χ0v) is 23.0. The van der Waals surface area contributed by atoms with Gasteiger partial charge in [0.2, 0.25) is 11.8 Å².